The number of likely N-dealkylation sites (N-methyl/N-ethyl adjacent to an activating group) is 1. The average Bonchev–Trinajstić information content (AvgIpc) is 3.12. The minimum atomic E-state index is -4.03. The number of amides is 2. The number of halogens is 2. The predicted molar refractivity (Wildman–Crippen MR) is 199 cm³/mol. The number of fused-ring (bicyclic) bond motifs is 5. The number of nitrogens with one attached hydrogen (secondary N) is 1. The molecule has 4 aliphatic heterocycles. The van der Waals surface area contributed by atoms with Crippen molar-refractivity contribution in [3.05, 3.63) is 69.5 Å². The van der Waals surface area contributed by atoms with Crippen LogP contribution in [0.1, 0.15) is 67.4 Å². The number of ether oxygens (including phenoxy) is 2. The molecule has 6 atom stereocenters. The van der Waals surface area contributed by atoms with Gasteiger partial charge >= 0.3 is 0 Å². The third kappa shape index (κ3) is 7.58. The van der Waals surface area contributed by atoms with Crippen LogP contribution in [0, 0.1) is 29.5 Å². The molecule has 0 radical (unpaired) electrons. The van der Waals surface area contributed by atoms with Gasteiger partial charge in [-0.15, -0.1) is 0 Å². The Labute approximate surface area is 311 Å². The van der Waals surface area contributed by atoms with Gasteiger partial charge in [0, 0.05) is 44.8 Å². The van der Waals surface area contributed by atoms with E-state index in [-0.39, 0.29) is 52.9 Å². The summed E-state index contributed by atoms with van der Waals surface area (Å²) in [6, 6.07) is 8.49. The van der Waals surface area contributed by atoms with E-state index in [4.69, 9.17) is 21.1 Å². The summed E-state index contributed by atoms with van der Waals surface area (Å²) in [4.78, 5) is 33.2. The second-order valence-corrected chi connectivity index (χ2v) is 17.9. The van der Waals surface area contributed by atoms with Crippen LogP contribution in [0.2, 0.25) is 5.02 Å². The maximum Gasteiger partial charge on any atom is 0.264 e. The average molecular weight is 757 g/mol. The maximum atomic E-state index is 15.6. The van der Waals surface area contributed by atoms with E-state index < -0.39 is 27.0 Å². The zero-order chi connectivity index (χ0) is 36.7. The summed E-state index contributed by atoms with van der Waals surface area (Å²) >= 11 is 6.28. The number of hydrogen-bond donors (Lipinski definition) is 1. The number of allylic oxidation sites excluding steroid dienone is 1. The van der Waals surface area contributed by atoms with Crippen molar-refractivity contribution in [3.63, 3.8) is 0 Å². The normalized spacial score (nSPS) is 29.5. The second kappa shape index (κ2) is 15.3. The molecule has 0 unspecified atom stereocenters. The molecule has 1 N–H and O–H groups in total. The highest BCUT2D eigenvalue weighted by atomic mass is 35.5. The van der Waals surface area contributed by atoms with Gasteiger partial charge in [-0.2, -0.15) is 0 Å². The van der Waals surface area contributed by atoms with Crippen LogP contribution in [0.15, 0.2) is 42.0 Å². The van der Waals surface area contributed by atoms with Crippen molar-refractivity contribution in [1.29, 1.82) is 0 Å². The first-order valence-electron chi connectivity index (χ1n) is 18.7. The molecular weight excluding hydrogens is 707 g/mol. The molecule has 2 amide bonds. The fraction of sp³-hybridized carbons (Fsp3) is 0.590. The van der Waals surface area contributed by atoms with Crippen LogP contribution in [-0.2, 0) is 32.5 Å². The summed E-state index contributed by atoms with van der Waals surface area (Å²) in [7, 11) is -1.97. The highest BCUT2D eigenvalue weighted by Crippen LogP contribution is 2.48. The van der Waals surface area contributed by atoms with Crippen molar-refractivity contribution >= 4 is 39.1 Å². The minimum absolute atomic E-state index is 0.00484. The molecule has 4 heterocycles. The second-order valence-electron chi connectivity index (χ2n) is 15.4. The van der Waals surface area contributed by atoms with E-state index in [0.29, 0.717) is 75.5 Å². The largest absolute Gasteiger partial charge is 0.491 e. The molecular formula is C39H50ClFN4O6S. The Morgan fingerprint density at radius 2 is 1.87 bits per heavy atom. The Morgan fingerprint density at radius 1 is 1.10 bits per heavy atom. The van der Waals surface area contributed by atoms with E-state index in [1.165, 1.54) is 0 Å². The van der Waals surface area contributed by atoms with Crippen LogP contribution in [0.3, 0.4) is 0 Å². The summed E-state index contributed by atoms with van der Waals surface area (Å²) in [5.74, 6) is -0.525. The van der Waals surface area contributed by atoms with Crippen molar-refractivity contribution in [2.24, 2.45) is 23.7 Å². The van der Waals surface area contributed by atoms with E-state index in [0.717, 1.165) is 37.1 Å². The molecule has 0 aromatic heterocycles. The lowest BCUT2D eigenvalue weighted by atomic mass is 9.64. The van der Waals surface area contributed by atoms with Gasteiger partial charge in [-0.3, -0.25) is 9.59 Å². The van der Waals surface area contributed by atoms with Gasteiger partial charge in [-0.25, -0.2) is 17.5 Å². The van der Waals surface area contributed by atoms with E-state index >= 15 is 4.39 Å². The standard InChI is InChI=1S/C39H50ClFN4O6S/c1-24-25(2)52(48,49)42-39(47)26-9-12-35-34(20-26)45(21-27-8-11-33(40)37(41)31(27)6-4-5-17-50-35)22-28-7-10-32(28)38(30-18-29(24)19-30)51-23-36(46)44-15-13-43(3)14-16-44/h8-9,11-12,18,20,24-25,28-29,32,38H,4-7,10,13-17,19,21-23H2,1-3H3,(H,42,47)/t24-,25-,28+,29+,32-,38+/m1/s1. The van der Waals surface area contributed by atoms with Gasteiger partial charge in [0.25, 0.3) is 5.91 Å². The molecule has 6 aliphatic rings. The Morgan fingerprint density at radius 3 is 2.60 bits per heavy atom. The molecule has 8 rings (SSSR count). The Bertz CT molecular complexity index is 1830. The summed E-state index contributed by atoms with van der Waals surface area (Å²) in [5, 5.41) is -0.751. The summed E-state index contributed by atoms with van der Waals surface area (Å²) in [6.45, 7) is 7.84. The summed E-state index contributed by atoms with van der Waals surface area (Å²) < 4.78 is 58.0. The number of carbonyl (C=O) groups is 2. The SMILES string of the molecule is C[C@@H]1[C@@H](C)S(=O)(=O)NC(=O)c2ccc3c(c2)N(Cc2ccc(Cl)c(F)c2CCCCO3)C[C@@H]2CC[C@H]2[C@@H](OCC(=O)N2CCN(C)CC2)C2=C[C@H]1C2. The van der Waals surface area contributed by atoms with Crippen LogP contribution in [-0.4, -0.2) is 94.4 Å². The Kier molecular flexibility index (Phi) is 10.9. The molecule has 2 aromatic rings. The molecule has 1 saturated carbocycles. The van der Waals surface area contributed by atoms with Crippen molar-refractivity contribution in [1.82, 2.24) is 14.5 Å². The lowest BCUT2D eigenvalue weighted by Crippen LogP contribution is -2.50. The highest BCUT2D eigenvalue weighted by molar-refractivity contribution is 7.90. The number of nitrogens with zero attached hydrogens (tertiary/aromatic N) is 3. The van der Waals surface area contributed by atoms with Gasteiger partial charge in [-0.05, 0) is 117 Å². The number of carbonyl (C=O) groups excluding carboxylic acids is 2. The van der Waals surface area contributed by atoms with Gasteiger partial charge in [0.15, 0.2) is 0 Å². The van der Waals surface area contributed by atoms with Crippen LogP contribution < -0.4 is 14.4 Å². The van der Waals surface area contributed by atoms with Crippen molar-refractivity contribution in [2.75, 3.05) is 57.9 Å². The monoisotopic (exact) mass is 756 g/mol. The van der Waals surface area contributed by atoms with E-state index in [1.54, 1.807) is 31.2 Å². The van der Waals surface area contributed by atoms with Crippen LogP contribution >= 0.6 is 11.6 Å². The number of hydrogen-bond acceptors (Lipinski definition) is 8. The van der Waals surface area contributed by atoms with Crippen molar-refractivity contribution < 1.29 is 31.9 Å². The summed E-state index contributed by atoms with van der Waals surface area (Å²) in [5.41, 5.74) is 3.31. The fourth-order valence-corrected chi connectivity index (χ4v) is 9.92. The zero-order valence-corrected chi connectivity index (χ0v) is 31.9. The van der Waals surface area contributed by atoms with E-state index in [9.17, 15) is 18.0 Å². The molecule has 10 nitrogen and oxygen atoms in total. The molecule has 4 bridgehead atoms. The first kappa shape index (κ1) is 37.1. The van der Waals surface area contributed by atoms with Gasteiger partial charge in [0.1, 0.15) is 18.2 Å². The highest BCUT2D eigenvalue weighted by Gasteiger charge is 2.45. The lowest BCUT2D eigenvalue weighted by Gasteiger charge is -2.48. The van der Waals surface area contributed by atoms with Gasteiger partial charge in [-0.1, -0.05) is 30.7 Å². The Hall–Kier alpha value is -3.19. The minimum Gasteiger partial charge on any atom is -0.491 e. The first-order valence-corrected chi connectivity index (χ1v) is 20.6. The van der Waals surface area contributed by atoms with Crippen LogP contribution in [0.4, 0.5) is 10.1 Å². The maximum absolute atomic E-state index is 15.6. The summed E-state index contributed by atoms with van der Waals surface area (Å²) in [6.07, 6.45) is 6.28. The number of anilines is 1. The molecule has 2 fully saturated rings. The van der Waals surface area contributed by atoms with Gasteiger partial charge < -0.3 is 24.2 Å². The molecule has 2 aromatic carbocycles. The first-order chi connectivity index (χ1) is 24.9. The van der Waals surface area contributed by atoms with Crippen molar-refractivity contribution in [3.8, 4) is 5.75 Å². The predicted octanol–water partition coefficient (Wildman–Crippen LogP) is 5.43. The number of benzene rings is 2. The zero-order valence-electron chi connectivity index (χ0n) is 30.3. The van der Waals surface area contributed by atoms with Crippen molar-refractivity contribution in [2.45, 2.75) is 70.3 Å². The van der Waals surface area contributed by atoms with E-state index in [2.05, 4.69) is 27.6 Å². The third-order valence-corrected chi connectivity index (χ3v) is 14.4. The van der Waals surface area contributed by atoms with Crippen LogP contribution in [0.25, 0.3) is 0 Å². The fourth-order valence-electron chi connectivity index (χ4n) is 8.41. The molecule has 1 saturated heterocycles. The number of sulfonamides is 1. The molecule has 282 valence electrons. The number of rotatable bonds is 3. The van der Waals surface area contributed by atoms with Gasteiger partial charge in [0.05, 0.1) is 28.7 Å². The molecule has 0 spiro atoms. The van der Waals surface area contributed by atoms with Gasteiger partial charge in [0.2, 0.25) is 15.9 Å². The third-order valence-electron chi connectivity index (χ3n) is 12.3. The van der Waals surface area contributed by atoms with E-state index in [1.807, 2.05) is 17.9 Å². The quantitative estimate of drug-likeness (QED) is 0.414. The van der Waals surface area contributed by atoms with Crippen LogP contribution in [0.5, 0.6) is 5.75 Å². The smallest absolute Gasteiger partial charge is 0.264 e. The molecule has 52 heavy (non-hydrogen) atoms. The molecule has 2 aliphatic carbocycles. The number of piperazine rings is 1. The topological polar surface area (TPSA) is 108 Å². The molecule has 13 heteroatoms. The Balaban J connectivity index is 1.27. The lowest BCUT2D eigenvalue weighted by molar-refractivity contribution is -0.141.